The number of aliphatic carboxylic acids is 1. The summed E-state index contributed by atoms with van der Waals surface area (Å²) in [6.07, 6.45) is 4.01. The van der Waals surface area contributed by atoms with Crippen LogP contribution in [0.25, 0.3) is 0 Å². The normalized spacial score (nSPS) is 11.7. The van der Waals surface area contributed by atoms with Crippen molar-refractivity contribution in [2.24, 2.45) is 0 Å². The number of carbonyl (C=O) groups is 2. The number of methoxy groups -OCH3 is 1. The Balaban J connectivity index is 2.39. The summed E-state index contributed by atoms with van der Waals surface area (Å²) >= 11 is 0. The first-order valence-electron chi connectivity index (χ1n) is 6.56. The number of nitrogens with zero attached hydrogens (tertiary/aromatic N) is 2. The van der Waals surface area contributed by atoms with Crippen molar-refractivity contribution in [1.29, 1.82) is 0 Å². The van der Waals surface area contributed by atoms with Crippen LogP contribution in [-0.4, -0.2) is 46.8 Å². The number of amides is 2. The van der Waals surface area contributed by atoms with Crippen molar-refractivity contribution in [2.75, 3.05) is 13.7 Å². The van der Waals surface area contributed by atoms with Crippen molar-refractivity contribution in [3.8, 4) is 0 Å². The van der Waals surface area contributed by atoms with E-state index >= 15 is 0 Å². The van der Waals surface area contributed by atoms with Crippen LogP contribution in [0.15, 0.2) is 12.4 Å². The summed E-state index contributed by atoms with van der Waals surface area (Å²) in [4.78, 5) is 30.8. The van der Waals surface area contributed by atoms with Crippen molar-refractivity contribution < 1.29 is 19.4 Å². The van der Waals surface area contributed by atoms with Gasteiger partial charge in [-0.1, -0.05) is 0 Å². The molecule has 3 N–H and O–H groups in total. The third kappa shape index (κ3) is 6.66. The molecule has 0 spiro atoms. The van der Waals surface area contributed by atoms with Crippen molar-refractivity contribution in [3.63, 3.8) is 0 Å². The van der Waals surface area contributed by atoms with E-state index in [0.717, 1.165) is 5.69 Å². The first-order valence-corrected chi connectivity index (χ1v) is 6.56. The number of ether oxygens (including phenoxy) is 1. The molecule has 0 aromatic carbocycles. The van der Waals surface area contributed by atoms with Crippen molar-refractivity contribution in [3.05, 3.63) is 23.8 Å². The number of hydrogen-bond acceptors (Lipinski definition) is 5. The fraction of sp³-hybridized carbons (Fsp3) is 0.538. The molecule has 8 heteroatoms. The van der Waals surface area contributed by atoms with Crippen LogP contribution >= 0.6 is 0 Å². The molecule has 0 saturated heterocycles. The maximum Gasteiger partial charge on any atom is 0.326 e. The zero-order valence-electron chi connectivity index (χ0n) is 12.1. The molecule has 2 amide bonds. The summed E-state index contributed by atoms with van der Waals surface area (Å²) in [5.74, 6) is -1.07. The van der Waals surface area contributed by atoms with Crippen molar-refractivity contribution in [2.45, 2.75) is 32.4 Å². The van der Waals surface area contributed by atoms with E-state index < -0.39 is 18.0 Å². The van der Waals surface area contributed by atoms with Gasteiger partial charge in [-0.3, -0.25) is 9.97 Å². The maximum absolute atomic E-state index is 11.7. The molecular weight excluding hydrogens is 276 g/mol. The van der Waals surface area contributed by atoms with E-state index in [1.54, 1.807) is 19.5 Å². The van der Waals surface area contributed by atoms with Gasteiger partial charge in [0.1, 0.15) is 6.04 Å². The van der Waals surface area contributed by atoms with E-state index in [9.17, 15) is 9.59 Å². The predicted octanol–water partition coefficient (Wildman–Crippen LogP) is 0.464. The lowest BCUT2D eigenvalue weighted by Gasteiger charge is -2.14. The molecule has 21 heavy (non-hydrogen) atoms. The minimum absolute atomic E-state index is 0.184. The van der Waals surface area contributed by atoms with Crippen molar-refractivity contribution in [1.82, 2.24) is 20.6 Å². The van der Waals surface area contributed by atoms with Gasteiger partial charge in [0.2, 0.25) is 0 Å². The van der Waals surface area contributed by atoms with Crippen LogP contribution in [-0.2, 0) is 16.1 Å². The summed E-state index contributed by atoms with van der Waals surface area (Å²) < 4.78 is 4.86. The number of carboxylic acids is 1. The monoisotopic (exact) mass is 296 g/mol. The Bertz CT molecular complexity index is 464. The molecule has 0 saturated carbocycles. The quantitative estimate of drug-likeness (QED) is 0.601. The van der Waals surface area contributed by atoms with E-state index in [4.69, 9.17) is 9.84 Å². The molecule has 116 valence electrons. The zero-order valence-corrected chi connectivity index (χ0v) is 12.1. The van der Waals surface area contributed by atoms with Gasteiger partial charge in [-0.2, -0.15) is 0 Å². The number of nitrogens with one attached hydrogen (secondary N) is 2. The lowest BCUT2D eigenvalue weighted by molar-refractivity contribution is -0.139. The highest BCUT2D eigenvalue weighted by Gasteiger charge is 2.19. The van der Waals surface area contributed by atoms with Gasteiger partial charge >= 0.3 is 12.0 Å². The van der Waals surface area contributed by atoms with Crippen LogP contribution in [0.2, 0.25) is 0 Å². The number of carbonyl (C=O) groups excluding carboxylic acids is 1. The van der Waals surface area contributed by atoms with Crippen LogP contribution in [0.3, 0.4) is 0 Å². The van der Waals surface area contributed by atoms with E-state index in [1.807, 2.05) is 6.92 Å². The molecule has 0 aliphatic heterocycles. The van der Waals surface area contributed by atoms with Crippen LogP contribution in [0.4, 0.5) is 4.79 Å². The molecule has 8 nitrogen and oxygen atoms in total. The number of aryl methyl sites for hydroxylation is 1. The first-order chi connectivity index (χ1) is 10.0. The summed E-state index contributed by atoms with van der Waals surface area (Å²) in [7, 11) is 1.54. The number of urea groups is 1. The third-order valence-electron chi connectivity index (χ3n) is 2.71. The van der Waals surface area contributed by atoms with Gasteiger partial charge in [-0.05, 0) is 19.8 Å². The van der Waals surface area contributed by atoms with E-state index in [1.165, 1.54) is 0 Å². The zero-order chi connectivity index (χ0) is 15.7. The molecular formula is C13H20N4O4. The van der Waals surface area contributed by atoms with Crippen LogP contribution < -0.4 is 10.6 Å². The molecule has 1 atom stereocenters. The molecule has 0 aliphatic carbocycles. The lowest BCUT2D eigenvalue weighted by Crippen LogP contribution is -2.45. The Morgan fingerprint density at radius 2 is 2.14 bits per heavy atom. The molecule has 1 unspecified atom stereocenters. The smallest absolute Gasteiger partial charge is 0.326 e. The second-order valence-corrected chi connectivity index (χ2v) is 4.50. The third-order valence-corrected chi connectivity index (χ3v) is 2.71. The topological polar surface area (TPSA) is 113 Å². The molecule has 1 heterocycles. The summed E-state index contributed by atoms with van der Waals surface area (Å²) in [6, 6.07) is -1.49. The van der Waals surface area contributed by atoms with Gasteiger partial charge in [-0.15, -0.1) is 0 Å². The summed E-state index contributed by atoms with van der Waals surface area (Å²) in [5, 5.41) is 14.0. The number of carboxylic acid groups (broad SMARTS) is 1. The van der Waals surface area contributed by atoms with Crippen LogP contribution in [0.5, 0.6) is 0 Å². The van der Waals surface area contributed by atoms with Crippen LogP contribution in [0, 0.1) is 6.92 Å². The average molecular weight is 296 g/mol. The molecule has 1 aromatic rings. The van der Waals surface area contributed by atoms with Gasteiger partial charge in [-0.25, -0.2) is 9.59 Å². The van der Waals surface area contributed by atoms with Crippen LogP contribution in [0.1, 0.15) is 24.2 Å². The minimum atomic E-state index is -1.07. The Hall–Kier alpha value is -2.22. The van der Waals surface area contributed by atoms with Gasteiger partial charge < -0.3 is 20.5 Å². The highest BCUT2D eigenvalue weighted by molar-refractivity contribution is 5.82. The number of hydrogen-bond donors (Lipinski definition) is 3. The molecule has 0 aliphatic rings. The lowest BCUT2D eigenvalue weighted by atomic mass is 10.1. The highest BCUT2D eigenvalue weighted by Crippen LogP contribution is 1.99. The molecule has 0 radical (unpaired) electrons. The Morgan fingerprint density at radius 1 is 1.38 bits per heavy atom. The highest BCUT2D eigenvalue weighted by atomic mass is 16.5. The van der Waals surface area contributed by atoms with Gasteiger partial charge in [0, 0.05) is 19.9 Å². The SMILES string of the molecule is COCCCC(NC(=O)NCc1cnc(C)cn1)C(=O)O. The van der Waals surface area contributed by atoms with Gasteiger partial charge in [0.05, 0.1) is 24.1 Å². The fourth-order valence-corrected chi connectivity index (χ4v) is 1.58. The molecule has 0 fully saturated rings. The minimum Gasteiger partial charge on any atom is -0.480 e. The predicted molar refractivity (Wildman–Crippen MR) is 74.7 cm³/mol. The number of rotatable bonds is 8. The molecule has 1 rings (SSSR count). The Kier molecular flexibility index (Phi) is 7.10. The molecule has 1 aromatic heterocycles. The standard InChI is InChI=1S/C13H20N4O4/c1-9-6-15-10(7-14-9)8-16-13(20)17-11(12(18)19)4-3-5-21-2/h6-7,11H,3-5,8H2,1-2H3,(H,18,19)(H2,16,17,20). The summed E-state index contributed by atoms with van der Waals surface area (Å²) in [5.41, 5.74) is 1.38. The fourth-order valence-electron chi connectivity index (χ4n) is 1.58. The second kappa shape index (κ2) is 8.85. The second-order valence-electron chi connectivity index (χ2n) is 4.50. The Morgan fingerprint density at radius 3 is 2.71 bits per heavy atom. The number of aromatic nitrogens is 2. The first kappa shape index (κ1) is 16.8. The largest absolute Gasteiger partial charge is 0.480 e. The van der Waals surface area contributed by atoms with E-state index in [-0.39, 0.29) is 6.54 Å². The van der Waals surface area contributed by atoms with Gasteiger partial charge in [0.25, 0.3) is 0 Å². The molecule has 0 bridgehead atoms. The maximum atomic E-state index is 11.7. The van der Waals surface area contributed by atoms with Gasteiger partial charge in [0.15, 0.2) is 0 Å². The van der Waals surface area contributed by atoms with E-state index in [2.05, 4.69) is 20.6 Å². The average Bonchev–Trinajstić information content (AvgIpc) is 2.45. The van der Waals surface area contributed by atoms with E-state index in [0.29, 0.717) is 25.1 Å². The Labute approximate surface area is 122 Å². The van der Waals surface area contributed by atoms with Crippen molar-refractivity contribution >= 4 is 12.0 Å². The summed E-state index contributed by atoms with van der Waals surface area (Å²) in [6.45, 7) is 2.45.